The van der Waals surface area contributed by atoms with Crippen molar-refractivity contribution < 1.29 is 13.6 Å². The first-order valence-electron chi connectivity index (χ1n) is 6.39. The molecule has 2 atom stereocenters. The minimum absolute atomic E-state index is 0.136. The van der Waals surface area contributed by atoms with Gasteiger partial charge < -0.3 is 10.6 Å². The van der Waals surface area contributed by atoms with Crippen LogP contribution in [0.3, 0.4) is 0 Å². The third-order valence-corrected chi connectivity index (χ3v) is 3.48. The number of hydrogen-bond donors (Lipinski definition) is 1. The van der Waals surface area contributed by atoms with Crippen LogP contribution in [0.25, 0.3) is 0 Å². The van der Waals surface area contributed by atoms with Crippen molar-refractivity contribution in [3.63, 3.8) is 0 Å². The number of benzene rings is 1. The molecule has 0 aromatic heterocycles. The standard InChI is InChI=1S/C14H18F2N2O/c1-8-5-10(17)7-18(6-8)14(19)12-11(15)4-3-9(2)13(12)16/h3-4,8,10H,5-7,17H2,1-2H3. The highest BCUT2D eigenvalue weighted by Gasteiger charge is 2.30. The molecule has 2 unspecified atom stereocenters. The highest BCUT2D eigenvalue weighted by molar-refractivity contribution is 5.95. The predicted molar refractivity (Wildman–Crippen MR) is 68.8 cm³/mol. The van der Waals surface area contributed by atoms with Crippen LogP contribution < -0.4 is 5.73 Å². The number of piperidine rings is 1. The van der Waals surface area contributed by atoms with Crippen molar-refractivity contribution in [3.8, 4) is 0 Å². The first-order valence-corrected chi connectivity index (χ1v) is 6.39. The van der Waals surface area contributed by atoms with Crippen molar-refractivity contribution >= 4 is 5.91 Å². The molecule has 2 rings (SSSR count). The Kier molecular flexibility index (Phi) is 3.85. The Balaban J connectivity index is 2.32. The summed E-state index contributed by atoms with van der Waals surface area (Å²) in [6.07, 6.45) is 0.822. The van der Waals surface area contributed by atoms with Crippen LogP contribution in [-0.4, -0.2) is 29.9 Å². The second kappa shape index (κ2) is 5.25. The minimum Gasteiger partial charge on any atom is -0.337 e. The maximum Gasteiger partial charge on any atom is 0.259 e. The third kappa shape index (κ3) is 2.76. The minimum atomic E-state index is -0.820. The van der Waals surface area contributed by atoms with Gasteiger partial charge in [-0.15, -0.1) is 0 Å². The number of nitrogens with zero attached hydrogens (tertiary/aromatic N) is 1. The number of aryl methyl sites for hydroxylation is 1. The molecule has 1 aromatic rings. The molecular weight excluding hydrogens is 250 g/mol. The molecule has 104 valence electrons. The Morgan fingerprint density at radius 3 is 2.68 bits per heavy atom. The van der Waals surface area contributed by atoms with E-state index in [1.54, 1.807) is 0 Å². The molecule has 0 radical (unpaired) electrons. The summed E-state index contributed by atoms with van der Waals surface area (Å²) in [5.41, 5.74) is 5.65. The summed E-state index contributed by atoms with van der Waals surface area (Å²) in [5.74, 6) is -1.97. The van der Waals surface area contributed by atoms with Crippen LogP contribution in [0, 0.1) is 24.5 Å². The Morgan fingerprint density at radius 1 is 1.37 bits per heavy atom. The number of rotatable bonds is 1. The number of nitrogens with two attached hydrogens (primary N) is 1. The van der Waals surface area contributed by atoms with Gasteiger partial charge in [0.2, 0.25) is 0 Å². The molecule has 0 aliphatic carbocycles. The molecule has 1 aliphatic rings. The van der Waals surface area contributed by atoms with Crippen molar-refractivity contribution in [2.24, 2.45) is 11.7 Å². The monoisotopic (exact) mass is 268 g/mol. The average Bonchev–Trinajstić information content (AvgIpc) is 2.33. The van der Waals surface area contributed by atoms with Gasteiger partial charge in [-0.1, -0.05) is 13.0 Å². The fourth-order valence-electron chi connectivity index (χ4n) is 2.58. The van der Waals surface area contributed by atoms with Crippen LogP contribution in [0.5, 0.6) is 0 Å². The summed E-state index contributed by atoms with van der Waals surface area (Å²) in [7, 11) is 0. The molecule has 2 N–H and O–H groups in total. The van der Waals surface area contributed by atoms with Gasteiger partial charge in [-0.25, -0.2) is 8.78 Å². The quantitative estimate of drug-likeness (QED) is 0.847. The molecule has 1 aromatic carbocycles. The van der Waals surface area contributed by atoms with Crippen LogP contribution in [-0.2, 0) is 0 Å². The molecule has 1 saturated heterocycles. The molecule has 0 bridgehead atoms. The normalized spacial score (nSPS) is 23.5. The number of carbonyl (C=O) groups excluding carboxylic acids is 1. The van der Waals surface area contributed by atoms with Crippen LogP contribution in [0.2, 0.25) is 0 Å². The largest absolute Gasteiger partial charge is 0.337 e. The smallest absolute Gasteiger partial charge is 0.259 e. The van der Waals surface area contributed by atoms with Crippen LogP contribution >= 0.6 is 0 Å². The highest BCUT2D eigenvalue weighted by Crippen LogP contribution is 2.22. The van der Waals surface area contributed by atoms with E-state index in [0.717, 1.165) is 12.5 Å². The zero-order valence-corrected chi connectivity index (χ0v) is 11.1. The second-order valence-corrected chi connectivity index (χ2v) is 5.36. The molecule has 1 amide bonds. The first kappa shape index (κ1) is 13.9. The molecule has 0 spiro atoms. The molecule has 5 heteroatoms. The van der Waals surface area contributed by atoms with Crippen molar-refractivity contribution in [3.05, 3.63) is 34.9 Å². The van der Waals surface area contributed by atoms with Gasteiger partial charge in [0.05, 0.1) is 0 Å². The number of carbonyl (C=O) groups is 1. The fourth-order valence-corrected chi connectivity index (χ4v) is 2.58. The molecule has 19 heavy (non-hydrogen) atoms. The van der Waals surface area contributed by atoms with Gasteiger partial charge in [-0.2, -0.15) is 0 Å². The van der Waals surface area contributed by atoms with Crippen LogP contribution in [0.1, 0.15) is 29.3 Å². The van der Waals surface area contributed by atoms with E-state index >= 15 is 0 Å². The Bertz CT molecular complexity index is 494. The lowest BCUT2D eigenvalue weighted by molar-refractivity contribution is 0.0651. The number of halogens is 2. The summed E-state index contributed by atoms with van der Waals surface area (Å²) >= 11 is 0. The van der Waals surface area contributed by atoms with E-state index in [4.69, 9.17) is 5.73 Å². The number of amides is 1. The molecule has 1 aliphatic heterocycles. The van der Waals surface area contributed by atoms with E-state index in [1.807, 2.05) is 6.92 Å². The Labute approximate surface area is 111 Å². The van der Waals surface area contributed by atoms with Gasteiger partial charge in [-0.05, 0) is 30.9 Å². The molecule has 1 fully saturated rings. The van der Waals surface area contributed by atoms with Crippen molar-refractivity contribution in [1.29, 1.82) is 0 Å². The lowest BCUT2D eigenvalue weighted by Crippen LogP contribution is -2.49. The van der Waals surface area contributed by atoms with Crippen molar-refractivity contribution in [2.45, 2.75) is 26.3 Å². The van der Waals surface area contributed by atoms with Gasteiger partial charge in [0.25, 0.3) is 5.91 Å². The molecule has 1 heterocycles. The average molecular weight is 268 g/mol. The van der Waals surface area contributed by atoms with E-state index in [0.29, 0.717) is 13.1 Å². The summed E-state index contributed by atoms with van der Waals surface area (Å²) in [6, 6.07) is 2.31. The summed E-state index contributed by atoms with van der Waals surface area (Å²) in [4.78, 5) is 13.7. The fraction of sp³-hybridized carbons (Fsp3) is 0.500. The zero-order valence-electron chi connectivity index (χ0n) is 11.1. The van der Waals surface area contributed by atoms with Gasteiger partial charge in [0, 0.05) is 19.1 Å². The van der Waals surface area contributed by atoms with E-state index in [-0.39, 0.29) is 17.5 Å². The number of hydrogen-bond acceptors (Lipinski definition) is 2. The van der Waals surface area contributed by atoms with Crippen LogP contribution in [0.4, 0.5) is 8.78 Å². The maximum atomic E-state index is 13.9. The van der Waals surface area contributed by atoms with Gasteiger partial charge in [-0.3, -0.25) is 4.79 Å². The highest BCUT2D eigenvalue weighted by atomic mass is 19.1. The van der Waals surface area contributed by atoms with Crippen molar-refractivity contribution in [2.75, 3.05) is 13.1 Å². The van der Waals surface area contributed by atoms with E-state index < -0.39 is 23.1 Å². The summed E-state index contributed by atoms with van der Waals surface area (Å²) in [5, 5.41) is 0. The summed E-state index contributed by atoms with van der Waals surface area (Å²) in [6.45, 7) is 4.31. The van der Waals surface area contributed by atoms with Crippen LogP contribution in [0.15, 0.2) is 12.1 Å². The molecule has 3 nitrogen and oxygen atoms in total. The van der Waals surface area contributed by atoms with Crippen molar-refractivity contribution in [1.82, 2.24) is 4.90 Å². The maximum absolute atomic E-state index is 13.9. The third-order valence-electron chi connectivity index (χ3n) is 3.48. The molecular formula is C14H18F2N2O. The Morgan fingerprint density at radius 2 is 2.05 bits per heavy atom. The topological polar surface area (TPSA) is 46.3 Å². The molecule has 0 saturated carbocycles. The van der Waals surface area contributed by atoms with E-state index in [9.17, 15) is 13.6 Å². The van der Waals surface area contributed by atoms with Gasteiger partial charge in [0.1, 0.15) is 17.2 Å². The van der Waals surface area contributed by atoms with Gasteiger partial charge >= 0.3 is 0 Å². The number of likely N-dealkylation sites (tertiary alicyclic amines) is 1. The van der Waals surface area contributed by atoms with E-state index in [1.165, 1.54) is 17.9 Å². The lowest BCUT2D eigenvalue weighted by atomic mass is 9.95. The van der Waals surface area contributed by atoms with Gasteiger partial charge in [0.15, 0.2) is 0 Å². The SMILES string of the molecule is Cc1ccc(F)c(C(=O)N2CC(C)CC(N)C2)c1F. The lowest BCUT2D eigenvalue weighted by Gasteiger charge is -2.35. The Hall–Kier alpha value is -1.49. The van der Waals surface area contributed by atoms with E-state index in [2.05, 4.69) is 0 Å². The first-order chi connectivity index (χ1) is 8.90. The summed E-state index contributed by atoms with van der Waals surface area (Å²) < 4.78 is 27.7. The second-order valence-electron chi connectivity index (χ2n) is 5.36. The zero-order chi connectivity index (χ0) is 14.2. The predicted octanol–water partition coefficient (Wildman–Crippen LogP) is 2.08.